The molecule has 78 valence electrons. The summed E-state index contributed by atoms with van der Waals surface area (Å²) >= 11 is 3.44. The fourth-order valence-corrected chi connectivity index (χ4v) is 1.58. The standard InChI is InChI=1S/C10H16BrN3/c1-10(2,5-6-12)14-9-8(11)4-3-7-13-9/h3-4,7H,5-6,12H2,1-2H3,(H,13,14). The molecule has 0 aliphatic carbocycles. The molecule has 1 aromatic rings. The minimum absolute atomic E-state index is 0.0222. The second-order valence-electron chi connectivity index (χ2n) is 3.88. The highest BCUT2D eigenvalue weighted by molar-refractivity contribution is 9.10. The molecule has 1 heterocycles. The van der Waals surface area contributed by atoms with Gasteiger partial charge in [0.25, 0.3) is 0 Å². The van der Waals surface area contributed by atoms with Crippen LogP contribution in [0.4, 0.5) is 5.82 Å². The summed E-state index contributed by atoms with van der Waals surface area (Å²) in [7, 11) is 0. The van der Waals surface area contributed by atoms with Crippen LogP contribution in [0, 0.1) is 0 Å². The van der Waals surface area contributed by atoms with E-state index in [4.69, 9.17) is 5.73 Å². The Balaban J connectivity index is 2.73. The van der Waals surface area contributed by atoms with Gasteiger partial charge in [-0.2, -0.15) is 0 Å². The Kier molecular flexibility index (Phi) is 3.89. The first kappa shape index (κ1) is 11.5. The van der Waals surface area contributed by atoms with Gasteiger partial charge in [0, 0.05) is 11.7 Å². The van der Waals surface area contributed by atoms with Crippen LogP contribution in [-0.2, 0) is 0 Å². The van der Waals surface area contributed by atoms with Crippen molar-refractivity contribution in [2.75, 3.05) is 11.9 Å². The largest absolute Gasteiger partial charge is 0.364 e. The first-order valence-corrected chi connectivity index (χ1v) is 5.43. The highest BCUT2D eigenvalue weighted by Crippen LogP contribution is 2.23. The molecule has 0 fully saturated rings. The molecule has 0 aromatic carbocycles. The lowest BCUT2D eigenvalue weighted by atomic mass is 10.0. The molecular formula is C10H16BrN3. The third-order valence-electron chi connectivity index (χ3n) is 1.98. The van der Waals surface area contributed by atoms with Gasteiger partial charge in [0.1, 0.15) is 5.82 Å². The number of halogens is 1. The minimum Gasteiger partial charge on any atom is -0.364 e. The van der Waals surface area contributed by atoms with Gasteiger partial charge in [-0.25, -0.2) is 4.98 Å². The average molecular weight is 258 g/mol. The molecule has 0 saturated heterocycles. The number of nitrogens with one attached hydrogen (secondary N) is 1. The summed E-state index contributed by atoms with van der Waals surface area (Å²) in [5.41, 5.74) is 5.51. The number of rotatable bonds is 4. The summed E-state index contributed by atoms with van der Waals surface area (Å²) in [6.45, 7) is 4.90. The predicted octanol–water partition coefficient (Wildman–Crippen LogP) is 2.38. The first-order valence-electron chi connectivity index (χ1n) is 4.64. The summed E-state index contributed by atoms with van der Waals surface area (Å²) in [4.78, 5) is 4.25. The van der Waals surface area contributed by atoms with E-state index in [-0.39, 0.29) is 5.54 Å². The van der Waals surface area contributed by atoms with Gasteiger partial charge < -0.3 is 11.1 Å². The molecule has 4 heteroatoms. The van der Waals surface area contributed by atoms with Crippen LogP contribution in [0.1, 0.15) is 20.3 Å². The summed E-state index contributed by atoms with van der Waals surface area (Å²) in [5.74, 6) is 0.867. The molecule has 1 aromatic heterocycles. The van der Waals surface area contributed by atoms with E-state index in [9.17, 15) is 0 Å². The van der Waals surface area contributed by atoms with Gasteiger partial charge in [-0.3, -0.25) is 0 Å². The van der Waals surface area contributed by atoms with Crippen LogP contribution in [0.3, 0.4) is 0 Å². The normalized spacial score (nSPS) is 11.4. The molecule has 0 aliphatic heterocycles. The third-order valence-corrected chi connectivity index (χ3v) is 2.62. The van der Waals surface area contributed by atoms with Crippen molar-refractivity contribution in [2.24, 2.45) is 5.73 Å². The molecule has 0 amide bonds. The zero-order valence-electron chi connectivity index (χ0n) is 8.55. The molecular weight excluding hydrogens is 242 g/mol. The molecule has 0 spiro atoms. The van der Waals surface area contributed by atoms with Crippen molar-refractivity contribution in [3.63, 3.8) is 0 Å². The molecule has 0 radical (unpaired) electrons. The maximum Gasteiger partial charge on any atom is 0.140 e. The lowest BCUT2D eigenvalue weighted by Gasteiger charge is -2.26. The number of nitrogens with two attached hydrogens (primary N) is 1. The molecule has 1 rings (SSSR count). The van der Waals surface area contributed by atoms with Gasteiger partial charge in [0.2, 0.25) is 0 Å². The number of nitrogens with zero attached hydrogens (tertiary/aromatic N) is 1. The smallest absolute Gasteiger partial charge is 0.140 e. The number of pyridine rings is 1. The summed E-state index contributed by atoms with van der Waals surface area (Å²) < 4.78 is 0.977. The fraction of sp³-hybridized carbons (Fsp3) is 0.500. The Bertz CT molecular complexity index is 299. The van der Waals surface area contributed by atoms with Crippen LogP contribution in [0.15, 0.2) is 22.8 Å². The van der Waals surface area contributed by atoms with Crippen molar-refractivity contribution in [3.05, 3.63) is 22.8 Å². The molecule has 0 atom stereocenters. The van der Waals surface area contributed by atoms with Gasteiger partial charge in [-0.05, 0) is 54.9 Å². The Morgan fingerprint density at radius 1 is 1.57 bits per heavy atom. The fourth-order valence-electron chi connectivity index (χ4n) is 1.22. The summed E-state index contributed by atoms with van der Waals surface area (Å²) in [6.07, 6.45) is 2.68. The predicted molar refractivity (Wildman–Crippen MR) is 63.3 cm³/mol. The quantitative estimate of drug-likeness (QED) is 0.871. The maximum atomic E-state index is 5.53. The Morgan fingerprint density at radius 2 is 2.29 bits per heavy atom. The van der Waals surface area contributed by atoms with Crippen LogP contribution in [0.25, 0.3) is 0 Å². The van der Waals surface area contributed by atoms with Crippen molar-refractivity contribution in [2.45, 2.75) is 25.8 Å². The van der Waals surface area contributed by atoms with E-state index in [1.54, 1.807) is 6.20 Å². The van der Waals surface area contributed by atoms with Gasteiger partial charge in [0.15, 0.2) is 0 Å². The summed E-state index contributed by atoms with van der Waals surface area (Å²) in [6, 6.07) is 3.86. The van der Waals surface area contributed by atoms with Crippen molar-refractivity contribution in [3.8, 4) is 0 Å². The zero-order chi connectivity index (χ0) is 10.6. The Morgan fingerprint density at radius 3 is 2.86 bits per heavy atom. The van der Waals surface area contributed by atoms with Crippen LogP contribution >= 0.6 is 15.9 Å². The van der Waals surface area contributed by atoms with Crippen molar-refractivity contribution in [1.82, 2.24) is 4.98 Å². The van der Waals surface area contributed by atoms with Crippen molar-refractivity contribution < 1.29 is 0 Å². The zero-order valence-corrected chi connectivity index (χ0v) is 10.1. The van der Waals surface area contributed by atoms with Crippen LogP contribution in [0.2, 0.25) is 0 Å². The van der Waals surface area contributed by atoms with E-state index >= 15 is 0 Å². The lowest BCUT2D eigenvalue weighted by Crippen LogP contribution is -2.33. The van der Waals surface area contributed by atoms with Gasteiger partial charge >= 0.3 is 0 Å². The highest BCUT2D eigenvalue weighted by atomic mass is 79.9. The second-order valence-corrected chi connectivity index (χ2v) is 4.74. The van der Waals surface area contributed by atoms with Crippen LogP contribution in [0.5, 0.6) is 0 Å². The van der Waals surface area contributed by atoms with E-state index in [0.29, 0.717) is 6.54 Å². The van der Waals surface area contributed by atoms with Crippen LogP contribution in [-0.4, -0.2) is 17.1 Å². The number of aromatic nitrogens is 1. The monoisotopic (exact) mass is 257 g/mol. The Labute approximate surface area is 93.2 Å². The molecule has 0 bridgehead atoms. The third kappa shape index (κ3) is 3.27. The van der Waals surface area contributed by atoms with Crippen molar-refractivity contribution in [1.29, 1.82) is 0 Å². The minimum atomic E-state index is -0.0222. The molecule has 0 aliphatic rings. The van der Waals surface area contributed by atoms with E-state index in [1.165, 1.54) is 0 Å². The molecule has 0 unspecified atom stereocenters. The molecule has 3 N–H and O–H groups in total. The maximum absolute atomic E-state index is 5.53. The number of anilines is 1. The molecule has 3 nitrogen and oxygen atoms in total. The van der Waals surface area contributed by atoms with E-state index < -0.39 is 0 Å². The molecule has 14 heavy (non-hydrogen) atoms. The van der Waals surface area contributed by atoms with E-state index in [1.807, 2.05) is 12.1 Å². The average Bonchev–Trinajstić information content (AvgIpc) is 2.08. The second kappa shape index (κ2) is 4.75. The number of hydrogen-bond donors (Lipinski definition) is 2. The van der Waals surface area contributed by atoms with Crippen molar-refractivity contribution >= 4 is 21.7 Å². The van der Waals surface area contributed by atoms with Gasteiger partial charge in [-0.1, -0.05) is 0 Å². The first-order chi connectivity index (χ1) is 6.55. The van der Waals surface area contributed by atoms with Gasteiger partial charge in [0.05, 0.1) is 4.47 Å². The Hall–Kier alpha value is -0.610. The molecule has 0 saturated carbocycles. The number of hydrogen-bond acceptors (Lipinski definition) is 3. The topological polar surface area (TPSA) is 50.9 Å². The SMILES string of the molecule is CC(C)(CCN)Nc1ncccc1Br. The summed E-state index contributed by atoms with van der Waals surface area (Å²) in [5, 5.41) is 3.35. The highest BCUT2D eigenvalue weighted by Gasteiger charge is 2.17. The van der Waals surface area contributed by atoms with E-state index in [2.05, 4.69) is 40.1 Å². The van der Waals surface area contributed by atoms with E-state index in [0.717, 1.165) is 16.7 Å². The van der Waals surface area contributed by atoms with Crippen LogP contribution < -0.4 is 11.1 Å². The lowest BCUT2D eigenvalue weighted by molar-refractivity contribution is 0.524. The van der Waals surface area contributed by atoms with Gasteiger partial charge in [-0.15, -0.1) is 0 Å².